The first-order chi connectivity index (χ1) is 16.7. The molecule has 4 rings (SSSR count). The Bertz CT molecular complexity index is 1290. The topological polar surface area (TPSA) is 199 Å². The van der Waals surface area contributed by atoms with Crippen LogP contribution >= 0.6 is 0 Å². The van der Waals surface area contributed by atoms with E-state index >= 15 is 0 Å². The lowest BCUT2D eigenvalue weighted by Gasteiger charge is -2.53. The number of benzene rings is 1. The monoisotopic (exact) mass is 500 g/mol. The minimum atomic E-state index is -2.96. The number of aliphatic hydroxyl groups excluding tert-OH is 3. The fraction of sp³-hybridized carbons (Fsp3) is 0.440. The summed E-state index contributed by atoms with van der Waals surface area (Å²) in [6, 6.07) is 1.34. The molecule has 0 aromatic heterocycles. The Labute approximate surface area is 206 Å². The number of phenols is 1. The number of amides is 1. The maximum Gasteiger partial charge on any atom is 0.255 e. The Morgan fingerprint density at radius 3 is 2.28 bits per heavy atom. The largest absolute Gasteiger partial charge is 0.508 e. The van der Waals surface area contributed by atoms with Gasteiger partial charge >= 0.3 is 0 Å². The van der Waals surface area contributed by atoms with Gasteiger partial charge in [0.2, 0.25) is 5.78 Å². The number of Topliss-reactive ketones (excluding diaryl/α,β-unsaturated/α-hetero) is 3. The average Bonchev–Trinajstić information content (AvgIpc) is 2.76. The van der Waals surface area contributed by atoms with Crippen molar-refractivity contribution in [2.75, 3.05) is 14.1 Å². The van der Waals surface area contributed by atoms with Gasteiger partial charge in [0.25, 0.3) is 5.91 Å². The van der Waals surface area contributed by atoms with Gasteiger partial charge in [0, 0.05) is 17.9 Å². The molecule has 1 aromatic carbocycles. The number of fused-ring (bicyclic) bond motifs is 3. The molecule has 11 nitrogen and oxygen atoms in total. The van der Waals surface area contributed by atoms with Crippen LogP contribution in [0.2, 0.25) is 0 Å². The van der Waals surface area contributed by atoms with E-state index in [-0.39, 0.29) is 17.8 Å². The van der Waals surface area contributed by atoms with Gasteiger partial charge < -0.3 is 31.3 Å². The Hall–Kier alpha value is -3.54. The van der Waals surface area contributed by atoms with Gasteiger partial charge in [-0.1, -0.05) is 13.0 Å². The average molecular weight is 501 g/mol. The standard InChI is InChI=1S/C25H28N2O9/c1-8(28)7-10-5-6-11(29)14-12(10)9(2)13-15(19(14)30)22(33)25(36)17(20(13)31)18(27(3)4)21(32)16(23(25)34)24(26)35/h5-6,9,13,17-18,20,29-31,34,36H,7H2,1-4H3,(H2,26,35)/t9-,13+,17+,18-,20-,25-/m1/s1. The number of aliphatic hydroxyl groups is 4. The first-order valence-electron chi connectivity index (χ1n) is 11.3. The first kappa shape index (κ1) is 25.5. The Kier molecular flexibility index (Phi) is 5.86. The van der Waals surface area contributed by atoms with Crippen molar-refractivity contribution < 1.29 is 44.7 Å². The fourth-order valence-corrected chi connectivity index (χ4v) is 6.21. The normalized spacial score (nSPS) is 31.8. The molecule has 0 bridgehead atoms. The van der Waals surface area contributed by atoms with Crippen LogP contribution in [0.15, 0.2) is 29.0 Å². The molecule has 1 amide bonds. The second-order valence-corrected chi connectivity index (χ2v) is 9.96. The lowest BCUT2D eigenvalue weighted by Crippen LogP contribution is -2.70. The van der Waals surface area contributed by atoms with Crippen LogP contribution in [-0.4, -0.2) is 85.5 Å². The SMILES string of the molecule is CC(=O)Cc1ccc(O)c2c1[C@@H](C)[C@H]1C(=C2O)C(=O)[C@@]2(O)C(O)=C(C(N)=O)C(=O)[C@H](N(C)C)[C@H]2[C@@H]1O. The van der Waals surface area contributed by atoms with E-state index in [0.29, 0.717) is 11.1 Å². The van der Waals surface area contributed by atoms with Gasteiger partial charge in [-0.25, -0.2) is 0 Å². The van der Waals surface area contributed by atoms with Gasteiger partial charge in [0.05, 0.1) is 23.6 Å². The molecule has 3 aliphatic carbocycles. The Morgan fingerprint density at radius 2 is 1.75 bits per heavy atom. The minimum Gasteiger partial charge on any atom is -0.508 e. The van der Waals surface area contributed by atoms with Gasteiger partial charge in [-0.2, -0.15) is 0 Å². The van der Waals surface area contributed by atoms with Gasteiger partial charge in [-0.3, -0.25) is 24.1 Å². The van der Waals surface area contributed by atoms with Crippen molar-refractivity contribution in [2.24, 2.45) is 17.6 Å². The number of primary amides is 1. The van der Waals surface area contributed by atoms with E-state index in [9.17, 15) is 44.7 Å². The molecule has 6 atom stereocenters. The van der Waals surface area contributed by atoms with Crippen LogP contribution < -0.4 is 5.73 Å². The van der Waals surface area contributed by atoms with Gasteiger partial charge in [0.15, 0.2) is 11.4 Å². The number of nitrogens with zero attached hydrogens (tertiary/aromatic N) is 1. The number of hydrogen-bond donors (Lipinski definition) is 6. The van der Waals surface area contributed by atoms with E-state index in [0.717, 1.165) is 0 Å². The minimum absolute atomic E-state index is 0.0377. The molecule has 0 unspecified atom stereocenters. The van der Waals surface area contributed by atoms with Gasteiger partial charge in [-0.05, 0) is 44.1 Å². The molecule has 192 valence electrons. The van der Waals surface area contributed by atoms with E-state index in [1.54, 1.807) is 6.92 Å². The van der Waals surface area contributed by atoms with Crippen LogP contribution in [-0.2, 0) is 25.6 Å². The fourth-order valence-electron chi connectivity index (χ4n) is 6.21. The van der Waals surface area contributed by atoms with E-state index < -0.39 is 81.4 Å². The predicted molar refractivity (Wildman–Crippen MR) is 125 cm³/mol. The predicted octanol–water partition coefficient (Wildman–Crippen LogP) is -0.373. The molecule has 0 saturated heterocycles. The molecule has 1 fully saturated rings. The number of nitrogens with two attached hydrogens (primary N) is 1. The maximum absolute atomic E-state index is 13.9. The molecule has 36 heavy (non-hydrogen) atoms. The number of phenolic OH excluding ortho intramolecular Hbond substituents is 1. The second kappa shape index (κ2) is 8.26. The number of likely N-dealkylation sites (N-methyl/N-ethyl adjacent to an activating group) is 1. The van der Waals surface area contributed by atoms with Crippen molar-refractivity contribution in [3.8, 4) is 5.75 Å². The van der Waals surface area contributed by atoms with E-state index in [2.05, 4.69) is 0 Å². The molecule has 3 aliphatic rings. The molecule has 0 spiro atoms. The number of hydrogen-bond acceptors (Lipinski definition) is 10. The van der Waals surface area contributed by atoms with Crippen LogP contribution in [0.5, 0.6) is 5.75 Å². The van der Waals surface area contributed by atoms with Gasteiger partial charge in [0.1, 0.15) is 28.6 Å². The van der Waals surface area contributed by atoms with Crippen LogP contribution in [0.1, 0.15) is 36.5 Å². The first-order valence-corrected chi connectivity index (χ1v) is 11.3. The lowest BCUT2D eigenvalue weighted by molar-refractivity contribution is -0.169. The summed E-state index contributed by atoms with van der Waals surface area (Å²) in [5, 5.41) is 55.9. The van der Waals surface area contributed by atoms with Crippen molar-refractivity contribution in [3.05, 3.63) is 45.7 Å². The molecule has 1 saturated carbocycles. The highest BCUT2D eigenvalue weighted by Gasteiger charge is 2.68. The summed E-state index contributed by atoms with van der Waals surface area (Å²) in [5.74, 6) is -9.77. The van der Waals surface area contributed by atoms with E-state index in [1.807, 2.05) is 0 Å². The van der Waals surface area contributed by atoms with Crippen LogP contribution in [0, 0.1) is 11.8 Å². The zero-order chi connectivity index (χ0) is 27.0. The van der Waals surface area contributed by atoms with Crippen LogP contribution in [0.4, 0.5) is 0 Å². The number of rotatable bonds is 4. The van der Waals surface area contributed by atoms with Crippen molar-refractivity contribution in [3.63, 3.8) is 0 Å². The molecule has 0 radical (unpaired) electrons. The summed E-state index contributed by atoms with van der Waals surface area (Å²) in [5.41, 5.74) is 1.56. The Balaban J connectivity index is 2.07. The zero-order valence-electron chi connectivity index (χ0n) is 20.1. The third-order valence-corrected chi connectivity index (χ3v) is 7.64. The molecule has 7 N–H and O–H groups in total. The second-order valence-electron chi connectivity index (χ2n) is 9.96. The quantitative estimate of drug-likeness (QED) is 0.296. The molecular weight excluding hydrogens is 472 g/mol. The van der Waals surface area contributed by atoms with Crippen LogP contribution in [0.3, 0.4) is 0 Å². The van der Waals surface area contributed by atoms with Crippen LogP contribution in [0.25, 0.3) is 5.76 Å². The third kappa shape index (κ3) is 3.16. The highest BCUT2D eigenvalue weighted by molar-refractivity contribution is 6.24. The van der Waals surface area contributed by atoms with Crippen molar-refractivity contribution in [1.29, 1.82) is 0 Å². The summed E-state index contributed by atoms with van der Waals surface area (Å²) < 4.78 is 0. The number of ketones is 3. The smallest absolute Gasteiger partial charge is 0.255 e. The van der Waals surface area contributed by atoms with Gasteiger partial charge in [-0.15, -0.1) is 0 Å². The third-order valence-electron chi connectivity index (χ3n) is 7.64. The summed E-state index contributed by atoms with van der Waals surface area (Å²) in [7, 11) is 2.87. The maximum atomic E-state index is 13.9. The molecular formula is C25H28N2O9. The number of aromatic hydroxyl groups is 1. The Morgan fingerprint density at radius 1 is 1.14 bits per heavy atom. The van der Waals surface area contributed by atoms with E-state index in [4.69, 9.17) is 5.73 Å². The van der Waals surface area contributed by atoms with Crippen molar-refractivity contribution in [2.45, 2.75) is 43.9 Å². The summed E-state index contributed by atoms with van der Waals surface area (Å²) in [6.07, 6.45) is -1.72. The highest BCUT2D eigenvalue weighted by atomic mass is 16.4. The number of carbonyl (C=O) groups excluding carboxylic acids is 4. The summed E-state index contributed by atoms with van der Waals surface area (Å²) in [4.78, 5) is 52.3. The highest BCUT2D eigenvalue weighted by Crippen LogP contribution is 2.56. The molecule has 1 aromatic rings. The lowest BCUT2D eigenvalue weighted by atomic mass is 9.54. The summed E-state index contributed by atoms with van der Waals surface area (Å²) >= 11 is 0. The number of carbonyl (C=O) groups is 4. The van der Waals surface area contributed by atoms with E-state index in [1.165, 1.54) is 38.1 Å². The molecule has 0 aliphatic heterocycles. The van der Waals surface area contributed by atoms with Crippen molar-refractivity contribution in [1.82, 2.24) is 4.90 Å². The van der Waals surface area contributed by atoms with Crippen molar-refractivity contribution >= 4 is 29.0 Å². The summed E-state index contributed by atoms with van der Waals surface area (Å²) in [6.45, 7) is 2.99. The molecule has 0 heterocycles. The molecule has 11 heteroatoms. The zero-order valence-corrected chi connectivity index (χ0v) is 20.1.